The molecule has 2 aromatic carbocycles. The summed E-state index contributed by atoms with van der Waals surface area (Å²) in [7, 11) is 1.58. The number of ketones is 1. The van der Waals surface area contributed by atoms with Gasteiger partial charge in [0, 0.05) is 11.1 Å². The van der Waals surface area contributed by atoms with Crippen LogP contribution in [0.25, 0.3) is 17.4 Å². The van der Waals surface area contributed by atoms with E-state index in [1.54, 1.807) is 61.7 Å². The fourth-order valence-electron chi connectivity index (χ4n) is 2.22. The molecule has 0 aliphatic heterocycles. The minimum atomic E-state index is -0.296. The van der Waals surface area contributed by atoms with E-state index >= 15 is 0 Å². The van der Waals surface area contributed by atoms with Crippen LogP contribution in [-0.4, -0.2) is 12.9 Å². The van der Waals surface area contributed by atoms with Crippen LogP contribution in [0.5, 0.6) is 5.75 Å². The number of methoxy groups -OCH3 is 1. The van der Waals surface area contributed by atoms with Crippen molar-refractivity contribution in [2.24, 2.45) is 0 Å². The summed E-state index contributed by atoms with van der Waals surface area (Å²) in [5.74, 6) is 1.45. The summed E-state index contributed by atoms with van der Waals surface area (Å²) in [6.45, 7) is 0. The van der Waals surface area contributed by atoms with Gasteiger partial charge in [-0.15, -0.1) is 0 Å². The first kappa shape index (κ1) is 15.7. The van der Waals surface area contributed by atoms with Crippen LogP contribution < -0.4 is 4.74 Å². The van der Waals surface area contributed by atoms with Crippen molar-refractivity contribution in [2.45, 2.75) is 0 Å². The zero-order valence-corrected chi connectivity index (χ0v) is 13.0. The van der Waals surface area contributed by atoms with Crippen LogP contribution in [0.3, 0.4) is 0 Å². The highest BCUT2D eigenvalue weighted by Gasteiger charge is 2.05. The standard InChI is InChI=1S/C20H15FO3/c1-23-17-8-4-14(5-9-17)19(22)12-10-18-11-13-20(24-18)15-2-6-16(21)7-3-15/h2-13H,1H3/b12-10+. The number of carbonyl (C=O) groups excluding carboxylic acids is 1. The lowest BCUT2D eigenvalue weighted by atomic mass is 10.1. The molecule has 0 radical (unpaired) electrons. The summed E-state index contributed by atoms with van der Waals surface area (Å²) in [4.78, 5) is 12.1. The summed E-state index contributed by atoms with van der Waals surface area (Å²) >= 11 is 0. The SMILES string of the molecule is COc1ccc(C(=O)/C=C/c2ccc(-c3ccc(F)cc3)o2)cc1. The molecule has 0 aliphatic rings. The maximum absolute atomic E-state index is 12.9. The number of allylic oxidation sites excluding steroid dienone is 1. The van der Waals surface area contributed by atoms with Gasteiger partial charge < -0.3 is 9.15 Å². The number of furan rings is 1. The van der Waals surface area contributed by atoms with Crippen LogP contribution in [0.1, 0.15) is 16.1 Å². The van der Waals surface area contributed by atoms with E-state index in [0.29, 0.717) is 22.8 Å². The van der Waals surface area contributed by atoms with Crippen LogP contribution >= 0.6 is 0 Å². The van der Waals surface area contributed by atoms with E-state index in [-0.39, 0.29) is 11.6 Å². The molecule has 0 unspecified atom stereocenters. The molecule has 3 aromatic rings. The smallest absolute Gasteiger partial charge is 0.185 e. The van der Waals surface area contributed by atoms with Crippen LogP contribution in [0.15, 0.2) is 71.2 Å². The fraction of sp³-hybridized carbons (Fsp3) is 0.0500. The van der Waals surface area contributed by atoms with Crippen LogP contribution in [0.4, 0.5) is 4.39 Å². The average Bonchev–Trinajstić information content (AvgIpc) is 3.09. The molecule has 0 amide bonds. The molecule has 0 saturated carbocycles. The van der Waals surface area contributed by atoms with Gasteiger partial charge in [0.25, 0.3) is 0 Å². The first-order valence-electron chi connectivity index (χ1n) is 7.38. The largest absolute Gasteiger partial charge is 0.497 e. The Morgan fingerprint density at radius 2 is 1.71 bits per heavy atom. The fourth-order valence-corrected chi connectivity index (χ4v) is 2.22. The number of benzene rings is 2. The quantitative estimate of drug-likeness (QED) is 0.491. The molecule has 3 rings (SSSR count). The maximum atomic E-state index is 12.9. The zero-order valence-electron chi connectivity index (χ0n) is 13.0. The van der Waals surface area contributed by atoms with E-state index < -0.39 is 0 Å². The minimum Gasteiger partial charge on any atom is -0.497 e. The van der Waals surface area contributed by atoms with Crippen molar-refractivity contribution in [2.75, 3.05) is 7.11 Å². The van der Waals surface area contributed by atoms with Gasteiger partial charge in [-0.3, -0.25) is 4.79 Å². The Morgan fingerprint density at radius 1 is 1.00 bits per heavy atom. The van der Waals surface area contributed by atoms with Crippen molar-refractivity contribution >= 4 is 11.9 Å². The van der Waals surface area contributed by atoms with Gasteiger partial charge >= 0.3 is 0 Å². The molecule has 0 saturated heterocycles. The third kappa shape index (κ3) is 3.60. The number of carbonyl (C=O) groups is 1. The average molecular weight is 322 g/mol. The molecule has 1 heterocycles. The van der Waals surface area contributed by atoms with E-state index in [4.69, 9.17) is 9.15 Å². The highest BCUT2D eigenvalue weighted by Crippen LogP contribution is 2.23. The Labute approximate surface area is 139 Å². The van der Waals surface area contributed by atoms with Gasteiger partial charge in [0.05, 0.1) is 7.11 Å². The molecule has 0 atom stereocenters. The lowest BCUT2D eigenvalue weighted by Gasteiger charge is -1.99. The lowest BCUT2D eigenvalue weighted by molar-refractivity contribution is 0.104. The van der Waals surface area contributed by atoms with Gasteiger partial charge in [0.1, 0.15) is 23.1 Å². The molecule has 120 valence electrons. The van der Waals surface area contributed by atoms with E-state index in [9.17, 15) is 9.18 Å². The summed E-state index contributed by atoms with van der Waals surface area (Å²) in [5.41, 5.74) is 1.34. The van der Waals surface area contributed by atoms with Gasteiger partial charge in [-0.1, -0.05) is 0 Å². The molecule has 0 spiro atoms. The summed E-state index contributed by atoms with van der Waals surface area (Å²) in [5, 5.41) is 0. The molecule has 0 N–H and O–H groups in total. The Kier molecular flexibility index (Phi) is 4.57. The monoisotopic (exact) mass is 322 g/mol. The third-order valence-corrected chi connectivity index (χ3v) is 3.53. The van der Waals surface area contributed by atoms with E-state index in [0.717, 1.165) is 5.56 Å². The number of halogens is 1. The summed E-state index contributed by atoms with van der Waals surface area (Å²) in [6.07, 6.45) is 3.06. The Balaban J connectivity index is 1.72. The normalized spacial score (nSPS) is 10.9. The summed E-state index contributed by atoms with van der Waals surface area (Å²) in [6, 6.07) is 16.5. The number of rotatable bonds is 5. The highest BCUT2D eigenvalue weighted by molar-refractivity contribution is 6.06. The molecule has 3 nitrogen and oxygen atoms in total. The predicted octanol–water partition coefficient (Wildman–Crippen LogP) is 4.99. The molecular formula is C20H15FO3. The predicted molar refractivity (Wildman–Crippen MR) is 90.5 cm³/mol. The minimum absolute atomic E-state index is 0.127. The first-order valence-corrected chi connectivity index (χ1v) is 7.38. The molecule has 1 aromatic heterocycles. The van der Waals surface area contributed by atoms with Crippen molar-refractivity contribution in [1.82, 2.24) is 0 Å². The Bertz CT molecular complexity index is 859. The Hall–Kier alpha value is -3.14. The van der Waals surface area contributed by atoms with Gasteiger partial charge in [0.2, 0.25) is 0 Å². The second kappa shape index (κ2) is 6.96. The maximum Gasteiger partial charge on any atom is 0.185 e. The first-order chi connectivity index (χ1) is 11.7. The van der Waals surface area contributed by atoms with Crippen molar-refractivity contribution in [3.63, 3.8) is 0 Å². The van der Waals surface area contributed by atoms with E-state index in [1.165, 1.54) is 18.2 Å². The summed E-state index contributed by atoms with van der Waals surface area (Å²) < 4.78 is 23.7. The topological polar surface area (TPSA) is 39.4 Å². The van der Waals surface area contributed by atoms with Crippen molar-refractivity contribution < 1.29 is 18.3 Å². The Morgan fingerprint density at radius 3 is 2.38 bits per heavy atom. The van der Waals surface area contributed by atoms with Crippen LogP contribution in [0, 0.1) is 5.82 Å². The lowest BCUT2D eigenvalue weighted by Crippen LogP contribution is -1.93. The number of ether oxygens (including phenoxy) is 1. The highest BCUT2D eigenvalue weighted by atomic mass is 19.1. The molecule has 0 fully saturated rings. The second-order valence-corrected chi connectivity index (χ2v) is 5.13. The van der Waals surface area contributed by atoms with Crippen LogP contribution in [0.2, 0.25) is 0 Å². The van der Waals surface area contributed by atoms with E-state index in [2.05, 4.69) is 0 Å². The van der Waals surface area contributed by atoms with Crippen molar-refractivity contribution in [1.29, 1.82) is 0 Å². The van der Waals surface area contributed by atoms with Crippen molar-refractivity contribution in [3.05, 3.63) is 83.9 Å². The molecule has 0 aliphatic carbocycles. The van der Waals surface area contributed by atoms with Gasteiger partial charge in [-0.25, -0.2) is 4.39 Å². The molecule has 24 heavy (non-hydrogen) atoms. The second-order valence-electron chi connectivity index (χ2n) is 5.13. The zero-order chi connectivity index (χ0) is 16.9. The van der Waals surface area contributed by atoms with E-state index in [1.807, 2.05) is 0 Å². The molecule has 4 heteroatoms. The van der Waals surface area contributed by atoms with Crippen molar-refractivity contribution in [3.8, 4) is 17.1 Å². The third-order valence-electron chi connectivity index (χ3n) is 3.53. The number of hydrogen-bond acceptors (Lipinski definition) is 3. The van der Waals surface area contributed by atoms with Crippen LogP contribution in [-0.2, 0) is 0 Å². The molecular weight excluding hydrogens is 307 g/mol. The van der Waals surface area contributed by atoms with Gasteiger partial charge in [-0.05, 0) is 72.8 Å². The molecule has 0 bridgehead atoms. The number of hydrogen-bond donors (Lipinski definition) is 0. The van der Waals surface area contributed by atoms with Gasteiger partial charge in [-0.2, -0.15) is 0 Å². The van der Waals surface area contributed by atoms with Gasteiger partial charge in [0.15, 0.2) is 5.78 Å².